The van der Waals surface area contributed by atoms with Crippen molar-refractivity contribution in [3.8, 4) is 0 Å². The number of aromatic nitrogens is 3. The Bertz CT molecular complexity index is 782. The highest BCUT2D eigenvalue weighted by molar-refractivity contribution is 5.88. The number of hydrogen-bond donors (Lipinski definition) is 4. The first-order chi connectivity index (χ1) is 12.9. The molecule has 2 aromatic rings. The quantitative estimate of drug-likeness (QED) is 0.460. The molecule has 2 heterocycles. The molecule has 1 aliphatic rings. The maximum Gasteiger partial charge on any atom is 0.361 e. The predicted molar refractivity (Wildman–Crippen MR) is 89.5 cm³/mol. The molecule has 1 saturated heterocycles. The molecule has 10 nitrogen and oxygen atoms in total. The number of carbonyl (C=O) groups excluding carboxylic acids is 1. The summed E-state index contributed by atoms with van der Waals surface area (Å²) in [4.78, 5) is 12.4. The second kappa shape index (κ2) is 8.11. The first kappa shape index (κ1) is 19.4. The van der Waals surface area contributed by atoms with Gasteiger partial charge < -0.3 is 29.9 Å². The molecule has 0 saturated carbocycles. The van der Waals surface area contributed by atoms with Crippen molar-refractivity contribution >= 4 is 5.97 Å². The zero-order valence-corrected chi connectivity index (χ0v) is 14.5. The van der Waals surface area contributed by atoms with E-state index in [0.717, 1.165) is 5.56 Å². The highest BCUT2D eigenvalue weighted by Crippen LogP contribution is 2.23. The first-order valence-corrected chi connectivity index (χ1v) is 8.38. The van der Waals surface area contributed by atoms with Gasteiger partial charge in [-0.2, -0.15) is 0 Å². The number of benzene rings is 1. The van der Waals surface area contributed by atoms with Crippen LogP contribution in [0.2, 0.25) is 0 Å². The number of hydrogen-bond acceptors (Lipinski definition) is 9. The Hall–Kier alpha value is -2.37. The topological polar surface area (TPSA) is 147 Å². The van der Waals surface area contributed by atoms with Gasteiger partial charge in [0.15, 0.2) is 18.1 Å². The monoisotopic (exact) mass is 379 g/mol. The Morgan fingerprint density at radius 2 is 1.93 bits per heavy atom. The van der Waals surface area contributed by atoms with E-state index in [0.29, 0.717) is 12.2 Å². The van der Waals surface area contributed by atoms with E-state index in [9.17, 15) is 25.2 Å². The van der Waals surface area contributed by atoms with Gasteiger partial charge in [0.05, 0.1) is 18.8 Å². The summed E-state index contributed by atoms with van der Waals surface area (Å²) in [5.41, 5.74) is 1.33. The minimum Gasteiger partial charge on any atom is -0.452 e. The lowest BCUT2D eigenvalue weighted by atomic mass is 9.99. The molecule has 0 aliphatic carbocycles. The summed E-state index contributed by atoms with van der Waals surface area (Å²) in [5, 5.41) is 46.6. The Labute approximate surface area is 154 Å². The van der Waals surface area contributed by atoms with Crippen molar-refractivity contribution in [3.63, 3.8) is 0 Å². The zero-order valence-electron chi connectivity index (χ0n) is 14.5. The van der Waals surface area contributed by atoms with Gasteiger partial charge in [-0.15, -0.1) is 5.10 Å². The molecule has 0 radical (unpaired) electrons. The normalized spacial score (nSPS) is 28.1. The minimum atomic E-state index is -1.71. The molecule has 1 aliphatic heterocycles. The molecule has 4 N–H and O–H groups in total. The van der Waals surface area contributed by atoms with E-state index < -0.39 is 43.3 Å². The average molecular weight is 379 g/mol. The summed E-state index contributed by atoms with van der Waals surface area (Å²) in [6.07, 6.45) is -7.59. The van der Waals surface area contributed by atoms with Crippen LogP contribution in [0.1, 0.15) is 21.7 Å². The standard InChI is InChI=1S/C17H21N3O7/c1-9-12(18-19-20(9)7-10-5-3-2-4-6-10)16(24)27-15-13(22)11(8-21)26-17(25)14(15)23/h2-6,11,13-15,17,21-23,25H,7-8H2,1H3/t11-,13-,14-,15-,17-/m1/s1. The zero-order chi connectivity index (χ0) is 19.6. The van der Waals surface area contributed by atoms with Crippen molar-refractivity contribution in [2.45, 2.75) is 44.2 Å². The van der Waals surface area contributed by atoms with Crippen LogP contribution < -0.4 is 0 Å². The molecule has 146 valence electrons. The molecule has 0 spiro atoms. The molecule has 0 amide bonds. The van der Waals surface area contributed by atoms with Gasteiger partial charge in [0.25, 0.3) is 0 Å². The highest BCUT2D eigenvalue weighted by Gasteiger charge is 2.46. The molecule has 5 atom stereocenters. The molecule has 10 heteroatoms. The smallest absolute Gasteiger partial charge is 0.361 e. The van der Waals surface area contributed by atoms with Gasteiger partial charge in [-0.1, -0.05) is 35.5 Å². The number of aliphatic hydroxyl groups excluding tert-OH is 4. The van der Waals surface area contributed by atoms with Gasteiger partial charge in [0.1, 0.15) is 18.3 Å². The van der Waals surface area contributed by atoms with E-state index in [1.54, 1.807) is 6.92 Å². The SMILES string of the molecule is Cc1c(C(=O)O[C@H]2[C@@H](O)[C@H](O)O[C@H](CO)[C@H]2O)nnn1Cc1ccccc1. The summed E-state index contributed by atoms with van der Waals surface area (Å²) < 4.78 is 11.5. The second-order valence-corrected chi connectivity index (χ2v) is 6.27. The molecule has 3 rings (SSSR count). The Kier molecular flexibility index (Phi) is 5.82. The number of aliphatic hydroxyl groups is 4. The maximum absolute atomic E-state index is 12.4. The van der Waals surface area contributed by atoms with E-state index in [1.165, 1.54) is 4.68 Å². The molecule has 27 heavy (non-hydrogen) atoms. The maximum atomic E-state index is 12.4. The van der Waals surface area contributed by atoms with Crippen molar-refractivity contribution < 1.29 is 34.7 Å². The molecule has 0 unspecified atom stereocenters. The third kappa shape index (κ3) is 3.99. The van der Waals surface area contributed by atoms with Crippen LogP contribution in [0.15, 0.2) is 30.3 Å². The Balaban J connectivity index is 1.74. The van der Waals surface area contributed by atoms with Gasteiger partial charge >= 0.3 is 5.97 Å². The van der Waals surface area contributed by atoms with Gasteiger partial charge in [-0.25, -0.2) is 9.48 Å². The van der Waals surface area contributed by atoms with Crippen molar-refractivity contribution in [2.24, 2.45) is 0 Å². The second-order valence-electron chi connectivity index (χ2n) is 6.27. The third-order valence-corrected chi connectivity index (χ3v) is 4.43. The van der Waals surface area contributed by atoms with Crippen molar-refractivity contribution in [3.05, 3.63) is 47.3 Å². The highest BCUT2D eigenvalue weighted by atomic mass is 16.7. The van der Waals surface area contributed by atoms with Gasteiger partial charge in [-0.05, 0) is 12.5 Å². The summed E-state index contributed by atoms with van der Waals surface area (Å²) in [6, 6.07) is 9.47. The number of nitrogens with zero attached hydrogens (tertiary/aromatic N) is 3. The molecule has 1 aromatic carbocycles. The van der Waals surface area contributed by atoms with Crippen LogP contribution in [0.25, 0.3) is 0 Å². The van der Waals surface area contributed by atoms with E-state index in [1.807, 2.05) is 30.3 Å². The lowest BCUT2D eigenvalue weighted by Gasteiger charge is -2.39. The van der Waals surface area contributed by atoms with Crippen LogP contribution >= 0.6 is 0 Å². The van der Waals surface area contributed by atoms with Gasteiger partial charge in [0, 0.05) is 0 Å². The van der Waals surface area contributed by atoms with Crippen molar-refractivity contribution in [1.82, 2.24) is 15.0 Å². The molecular weight excluding hydrogens is 358 g/mol. The summed E-state index contributed by atoms with van der Waals surface area (Å²) in [6.45, 7) is 1.42. The lowest BCUT2D eigenvalue weighted by Crippen LogP contribution is -2.59. The summed E-state index contributed by atoms with van der Waals surface area (Å²) in [7, 11) is 0. The fourth-order valence-electron chi connectivity index (χ4n) is 2.84. The van der Waals surface area contributed by atoms with Crippen molar-refractivity contribution in [1.29, 1.82) is 0 Å². The lowest BCUT2D eigenvalue weighted by molar-refractivity contribution is -0.285. The Morgan fingerprint density at radius 3 is 2.59 bits per heavy atom. The summed E-state index contributed by atoms with van der Waals surface area (Å²) >= 11 is 0. The fraction of sp³-hybridized carbons (Fsp3) is 0.471. The third-order valence-electron chi connectivity index (χ3n) is 4.43. The number of esters is 1. The van der Waals surface area contributed by atoms with Crippen LogP contribution in [0.5, 0.6) is 0 Å². The van der Waals surface area contributed by atoms with Gasteiger partial charge in [0.2, 0.25) is 0 Å². The van der Waals surface area contributed by atoms with E-state index >= 15 is 0 Å². The molecular formula is C17H21N3O7. The summed E-state index contributed by atoms with van der Waals surface area (Å²) in [5.74, 6) is -0.916. The van der Waals surface area contributed by atoms with E-state index in [4.69, 9.17) is 9.47 Å². The average Bonchev–Trinajstić information content (AvgIpc) is 3.03. The Morgan fingerprint density at radius 1 is 1.22 bits per heavy atom. The van der Waals surface area contributed by atoms with Crippen LogP contribution in [0.3, 0.4) is 0 Å². The van der Waals surface area contributed by atoms with E-state index in [-0.39, 0.29) is 5.69 Å². The number of ether oxygens (including phenoxy) is 2. The largest absolute Gasteiger partial charge is 0.452 e. The fourth-order valence-corrected chi connectivity index (χ4v) is 2.84. The first-order valence-electron chi connectivity index (χ1n) is 8.38. The van der Waals surface area contributed by atoms with Crippen LogP contribution in [0, 0.1) is 6.92 Å². The van der Waals surface area contributed by atoms with Crippen LogP contribution in [-0.4, -0.2) is 78.7 Å². The number of carbonyl (C=O) groups is 1. The molecule has 1 fully saturated rings. The number of rotatable bonds is 5. The minimum absolute atomic E-state index is 0.0770. The van der Waals surface area contributed by atoms with Gasteiger partial charge in [-0.3, -0.25) is 0 Å². The molecule has 1 aromatic heterocycles. The van der Waals surface area contributed by atoms with Crippen molar-refractivity contribution in [2.75, 3.05) is 6.61 Å². The predicted octanol–water partition coefficient (Wildman–Crippen LogP) is -1.41. The van der Waals surface area contributed by atoms with Crippen LogP contribution in [0.4, 0.5) is 0 Å². The van der Waals surface area contributed by atoms with Crippen LogP contribution in [-0.2, 0) is 16.0 Å². The van der Waals surface area contributed by atoms with E-state index in [2.05, 4.69) is 10.3 Å². The molecule has 0 bridgehead atoms.